The van der Waals surface area contributed by atoms with Crippen molar-refractivity contribution >= 4 is 27.3 Å². The molecule has 1 aromatic heterocycles. The minimum absolute atomic E-state index is 0.0566. The van der Waals surface area contributed by atoms with E-state index in [9.17, 15) is 17.6 Å². The van der Waals surface area contributed by atoms with Gasteiger partial charge >= 0.3 is 0 Å². The lowest BCUT2D eigenvalue weighted by atomic mass is 10.2. The van der Waals surface area contributed by atoms with Crippen molar-refractivity contribution in [2.24, 2.45) is 0 Å². The highest BCUT2D eigenvalue weighted by Gasteiger charge is 2.29. The van der Waals surface area contributed by atoms with Crippen molar-refractivity contribution < 1.29 is 22.0 Å². The number of benzene rings is 1. The molecule has 1 saturated heterocycles. The van der Waals surface area contributed by atoms with E-state index in [1.54, 1.807) is 13.0 Å². The van der Waals surface area contributed by atoms with Crippen LogP contribution in [0.5, 0.6) is 0 Å². The Kier molecular flexibility index (Phi) is 3.85. The second-order valence-corrected chi connectivity index (χ2v) is 7.28. The van der Waals surface area contributed by atoms with Crippen LogP contribution < -0.4 is 9.62 Å². The van der Waals surface area contributed by atoms with Crippen molar-refractivity contribution in [3.63, 3.8) is 0 Å². The number of aryl methyl sites for hydroxylation is 1. The zero-order chi connectivity index (χ0) is 16.6. The number of anilines is 2. The third kappa shape index (κ3) is 3.07. The number of nitrogens with one attached hydrogen (secondary N) is 1. The molecule has 0 radical (unpaired) electrons. The summed E-state index contributed by atoms with van der Waals surface area (Å²) in [5.41, 5.74) is 0.235. The number of amides is 1. The Balaban J connectivity index is 1.88. The van der Waals surface area contributed by atoms with Crippen molar-refractivity contribution in [3.05, 3.63) is 47.7 Å². The van der Waals surface area contributed by atoms with Gasteiger partial charge in [0.05, 0.1) is 17.1 Å². The van der Waals surface area contributed by atoms with E-state index in [1.165, 1.54) is 22.5 Å². The van der Waals surface area contributed by atoms with E-state index in [2.05, 4.69) is 5.32 Å². The second kappa shape index (κ2) is 5.69. The third-order valence-electron chi connectivity index (χ3n) is 3.55. The summed E-state index contributed by atoms with van der Waals surface area (Å²) in [7, 11) is -3.37. The number of halogens is 1. The lowest BCUT2D eigenvalue weighted by Crippen LogP contribution is -2.25. The first-order valence-corrected chi connectivity index (χ1v) is 8.65. The Hall–Kier alpha value is -2.35. The fourth-order valence-electron chi connectivity index (χ4n) is 2.43. The summed E-state index contributed by atoms with van der Waals surface area (Å²) in [5, 5.41) is 2.40. The van der Waals surface area contributed by atoms with E-state index >= 15 is 0 Å². The number of nitrogens with zero attached hydrogens (tertiary/aromatic N) is 1. The predicted molar refractivity (Wildman–Crippen MR) is 83.5 cm³/mol. The van der Waals surface area contributed by atoms with E-state index in [0.29, 0.717) is 24.4 Å². The molecule has 1 aliphatic heterocycles. The molecule has 1 aliphatic rings. The molecule has 1 amide bonds. The van der Waals surface area contributed by atoms with E-state index in [1.807, 2.05) is 0 Å². The zero-order valence-electron chi connectivity index (χ0n) is 12.4. The lowest BCUT2D eigenvalue weighted by molar-refractivity contribution is 0.0995. The first kappa shape index (κ1) is 15.5. The molecule has 0 spiro atoms. The fraction of sp³-hybridized carbons (Fsp3) is 0.267. The summed E-state index contributed by atoms with van der Waals surface area (Å²) < 4.78 is 44.2. The Bertz CT molecular complexity index is 860. The van der Waals surface area contributed by atoms with Crippen LogP contribution in [0, 0.1) is 12.7 Å². The van der Waals surface area contributed by atoms with E-state index in [4.69, 9.17) is 4.42 Å². The van der Waals surface area contributed by atoms with Gasteiger partial charge in [-0.2, -0.15) is 0 Å². The third-order valence-corrected chi connectivity index (χ3v) is 5.42. The number of rotatable bonds is 3. The molecule has 0 saturated carbocycles. The van der Waals surface area contributed by atoms with Crippen molar-refractivity contribution in [3.8, 4) is 0 Å². The number of furan rings is 1. The molecule has 2 heterocycles. The smallest absolute Gasteiger partial charge is 0.291 e. The van der Waals surface area contributed by atoms with Crippen LogP contribution in [0.1, 0.15) is 22.7 Å². The maximum absolute atomic E-state index is 13.9. The van der Waals surface area contributed by atoms with Crippen molar-refractivity contribution in [1.82, 2.24) is 0 Å². The number of hydrogen-bond donors (Lipinski definition) is 1. The summed E-state index contributed by atoms with van der Waals surface area (Å²) in [4.78, 5) is 12.0. The molecule has 1 N–H and O–H groups in total. The Labute approximate surface area is 132 Å². The first-order valence-electron chi connectivity index (χ1n) is 7.04. The lowest BCUT2D eigenvalue weighted by Gasteiger charge is -2.18. The molecule has 6 nitrogen and oxygen atoms in total. The topological polar surface area (TPSA) is 79.6 Å². The molecule has 3 rings (SSSR count). The number of sulfonamides is 1. The van der Waals surface area contributed by atoms with Crippen molar-refractivity contribution in [1.29, 1.82) is 0 Å². The van der Waals surface area contributed by atoms with E-state index in [-0.39, 0.29) is 17.2 Å². The molecular formula is C15H15FN2O4S. The molecule has 8 heteroatoms. The minimum atomic E-state index is -3.37. The fourth-order valence-corrected chi connectivity index (χ4v) is 3.99. The minimum Gasteiger partial charge on any atom is -0.456 e. The molecule has 122 valence electrons. The Morgan fingerprint density at radius 1 is 1.30 bits per heavy atom. The molecule has 0 unspecified atom stereocenters. The first-order chi connectivity index (χ1) is 10.9. The van der Waals surface area contributed by atoms with Gasteiger partial charge in [0.1, 0.15) is 11.6 Å². The molecule has 0 bridgehead atoms. The monoisotopic (exact) mass is 338 g/mol. The summed E-state index contributed by atoms with van der Waals surface area (Å²) in [5.74, 6) is -0.563. The van der Waals surface area contributed by atoms with Gasteiger partial charge in [0.25, 0.3) is 5.91 Å². The number of carbonyl (C=O) groups is 1. The maximum Gasteiger partial charge on any atom is 0.291 e. The van der Waals surface area contributed by atoms with Crippen molar-refractivity contribution in [2.45, 2.75) is 13.3 Å². The van der Waals surface area contributed by atoms with Gasteiger partial charge in [0, 0.05) is 6.54 Å². The normalized spacial score (nSPS) is 16.5. The van der Waals surface area contributed by atoms with Gasteiger partial charge in [0.15, 0.2) is 5.76 Å². The Morgan fingerprint density at radius 2 is 2.09 bits per heavy atom. The molecule has 23 heavy (non-hydrogen) atoms. The van der Waals surface area contributed by atoms with E-state index < -0.39 is 21.7 Å². The van der Waals surface area contributed by atoms with Crippen LogP contribution in [0.2, 0.25) is 0 Å². The average molecular weight is 338 g/mol. The Morgan fingerprint density at radius 3 is 2.70 bits per heavy atom. The molecule has 1 aromatic carbocycles. The van der Waals surface area contributed by atoms with Crippen LogP contribution in [0.4, 0.5) is 15.8 Å². The van der Waals surface area contributed by atoms with Crippen LogP contribution >= 0.6 is 0 Å². The van der Waals surface area contributed by atoms with E-state index in [0.717, 1.165) is 6.07 Å². The van der Waals surface area contributed by atoms with Gasteiger partial charge < -0.3 is 9.73 Å². The van der Waals surface area contributed by atoms with Gasteiger partial charge in [-0.1, -0.05) is 0 Å². The van der Waals surface area contributed by atoms with Crippen LogP contribution in [-0.4, -0.2) is 26.6 Å². The molecule has 0 aliphatic carbocycles. The second-order valence-electron chi connectivity index (χ2n) is 5.27. The molecular weight excluding hydrogens is 323 g/mol. The van der Waals surface area contributed by atoms with Gasteiger partial charge in [-0.25, -0.2) is 12.8 Å². The summed E-state index contributed by atoms with van der Waals surface area (Å²) in [6.07, 6.45) is 0.521. The number of carbonyl (C=O) groups excluding carboxylic acids is 1. The SMILES string of the molecule is Cc1ccc(C(=O)Nc2cc(N3CCCS3(=O)=O)ccc2F)o1. The van der Waals surface area contributed by atoms with Crippen molar-refractivity contribution in [2.75, 3.05) is 21.9 Å². The highest BCUT2D eigenvalue weighted by Crippen LogP contribution is 2.28. The van der Waals surface area contributed by atoms with Crippen LogP contribution in [-0.2, 0) is 10.0 Å². The van der Waals surface area contributed by atoms with Gasteiger partial charge in [0.2, 0.25) is 10.0 Å². The van der Waals surface area contributed by atoms with Crippen LogP contribution in [0.15, 0.2) is 34.7 Å². The molecule has 0 atom stereocenters. The van der Waals surface area contributed by atoms with Crippen LogP contribution in [0.3, 0.4) is 0 Å². The summed E-state index contributed by atoms with van der Waals surface area (Å²) in [6.45, 7) is 2.04. The molecule has 2 aromatic rings. The van der Waals surface area contributed by atoms with Gasteiger partial charge in [-0.15, -0.1) is 0 Å². The summed E-state index contributed by atoms with van der Waals surface area (Å²) in [6, 6.07) is 6.93. The van der Waals surface area contributed by atoms with Gasteiger partial charge in [-0.3, -0.25) is 9.10 Å². The summed E-state index contributed by atoms with van der Waals surface area (Å²) >= 11 is 0. The maximum atomic E-state index is 13.9. The zero-order valence-corrected chi connectivity index (χ0v) is 13.2. The predicted octanol–water partition coefficient (Wildman–Crippen LogP) is 2.52. The largest absolute Gasteiger partial charge is 0.456 e. The average Bonchev–Trinajstić information content (AvgIpc) is 3.07. The highest BCUT2D eigenvalue weighted by atomic mass is 32.2. The quantitative estimate of drug-likeness (QED) is 0.932. The standard InChI is InChI=1S/C15H15FN2O4S/c1-10-3-6-14(22-10)15(19)17-13-9-11(4-5-12(13)16)18-7-2-8-23(18,20)21/h3-6,9H,2,7-8H2,1H3,(H,17,19). The molecule has 1 fully saturated rings. The van der Waals surface area contributed by atoms with Crippen LogP contribution in [0.25, 0.3) is 0 Å². The number of hydrogen-bond acceptors (Lipinski definition) is 4. The highest BCUT2D eigenvalue weighted by molar-refractivity contribution is 7.93. The van der Waals surface area contributed by atoms with Gasteiger partial charge in [-0.05, 0) is 43.7 Å².